The molecule has 0 spiro atoms. The van der Waals surface area contributed by atoms with Gasteiger partial charge in [0.15, 0.2) is 0 Å². The third kappa shape index (κ3) is 4.38. The van der Waals surface area contributed by atoms with Gasteiger partial charge in [0.1, 0.15) is 11.6 Å². The van der Waals surface area contributed by atoms with E-state index in [2.05, 4.69) is 0 Å². The molecular weight excluding hydrogens is 412 g/mol. The van der Waals surface area contributed by atoms with E-state index in [1.165, 1.54) is 24.3 Å². The summed E-state index contributed by atoms with van der Waals surface area (Å²) in [5.74, 6) is -1.89. The summed E-state index contributed by atoms with van der Waals surface area (Å²) in [6, 6.07) is 9.11. The van der Waals surface area contributed by atoms with Crippen LogP contribution in [0.4, 0.5) is 23.2 Å². The van der Waals surface area contributed by atoms with Crippen LogP contribution in [0.1, 0.15) is 43.4 Å². The number of nitrogens with zero attached hydrogens (tertiary/aromatic N) is 2. The number of aliphatic carboxylic acids is 1. The van der Waals surface area contributed by atoms with Gasteiger partial charge in [-0.2, -0.15) is 13.2 Å². The highest BCUT2D eigenvalue weighted by Crippen LogP contribution is 2.45. The van der Waals surface area contributed by atoms with Crippen molar-refractivity contribution in [2.24, 2.45) is 0 Å². The highest BCUT2D eigenvalue weighted by atomic mass is 19.4. The van der Waals surface area contributed by atoms with Crippen molar-refractivity contribution in [1.29, 1.82) is 0 Å². The lowest BCUT2D eigenvalue weighted by Crippen LogP contribution is -2.41. The second kappa shape index (κ2) is 8.61. The fraction of sp³-hybridized carbons (Fsp3) is 0.348. The fourth-order valence-corrected chi connectivity index (χ4v) is 4.05. The smallest absolute Gasteiger partial charge is 0.416 e. The molecule has 0 saturated carbocycles. The van der Waals surface area contributed by atoms with Crippen LogP contribution in [0.25, 0.3) is 0 Å². The van der Waals surface area contributed by atoms with Gasteiger partial charge in [0.25, 0.3) is 0 Å². The summed E-state index contributed by atoms with van der Waals surface area (Å²) >= 11 is 0. The summed E-state index contributed by atoms with van der Waals surface area (Å²) in [4.78, 5) is 15.6. The molecule has 0 radical (unpaired) electrons. The normalized spacial score (nSPS) is 16.4. The van der Waals surface area contributed by atoms with E-state index in [0.717, 1.165) is 12.1 Å². The van der Waals surface area contributed by atoms with Gasteiger partial charge in [0.2, 0.25) is 0 Å². The second-order valence-electron chi connectivity index (χ2n) is 7.42. The average molecular weight is 436 g/mol. The van der Waals surface area contributed by atoms with E-state index in [-0.39, 0.29) is 17.8 Å². The monoisotopic (exact) mass is 436 g/mol. The third-order valence-electron chi connectivity index (χ3n) is 5.57. The van der Waals surface area contributed by atoms with E-state index in [4.69, 9.17) is 0 Å². The number of benzene rings is 2. The number of rotatable bonds is 6. The lowest BCUT2D eigenvalue weighted by molar-refractivity contribution is -0.137. The van der Waals surface area contributed by atoms with Crippen molar-refractivity contribution in [3.63, 3.8) is 0 Å². The Bertz CT molecular complexity index is 1010. The maximum Gasteiger partial charge on any atom is 0.416 e. The maximum absolute atomic E-state index is 13.8. The van der Waals surface area contributed by atoms with E-state index < -0.39 is 29.4 Å². The first-order chi connectivity index (χ1) is 14.6. The summed E-state index contributed by atoms with van der Waals surface area (Å²) in [5, 5.41) is 10.0. The lowest BCUT2D eigenvalue weighted by atomic mass is 9.86. The molecule has 0 aliphatic carbocycles. The number of carbonyl (C=O) groups is 1. The van der Waals surface area contributed by atoms with Crippen LogP contribution in [0.3, 0.4) is 0 Å². The molecule has 1 N–H and O–H groups in total. The minimum absolute atomic E-state index is 0.0292. The zero-order valence-electron chi connectivity index (χ0n) is 17.5. The van der Waals surface area contributed by atoms with Crippen LogP contribution in [-0.4, -0.2) is 29.1 Å². The van der Waals surface area contributed by atoms with Crippen LogP contribution < -0.4 is 4.90 Å². The van der Waals surface area contributed by atoms with Gasteiger partial charge in [-0.15, -0.1) is 0 Å². The highest BCUT2D eigenvalue weighted by Gasteiger charge is 2.38. The molecule has 8 heteroatoms. The van der Waals surface area contributed by atoms with Crippen molar-refractivity contribution >= 4 is 11.7 Å². The van der Waals surface area contributed by atoms with E-state index in [1.54, 1.807) is 17.9 Å². The summed E-state index contributed by atoms with van der Waals surface area (Å²) in [7, 11) is 0. The van der Waals surface area contributed by atoms with Gasteiger partial charge in [-0.05, 0) is 49.2 Å². The van der Waals surface area contributed by atoms with Gasteiger partial charge < -0.3 is 14.9 Å². The Balaban J connectivity index is 2.28. The minimum Gasteiger partial charge on any atom is -0.478 e. The standard InChI is InChI=1S/C23H24F4N2O2/c1-4-28(5-2)21-20(22(30)31)14(3)18-10-9-16(23(25,26)27)12-19(18)29(21)13-15-7-6-8-17(24)11-15/h6-12,14H,4-5,13H2,1-3H3,(H,30,31). The summed E-state index contributed by atoms with van der Waals surface area (Å²) in [5.41, 5.74) is 0.566. The van der Waals surface area contributed by atoms with Crippen LogP contribution >= 0.6 is 0 Å². The van der Waals surface area contributed by atoms with E-state index in [9.17, 15) is 27.5 Å². The average Bonchev–Trinajstić information content (AvgIpc) is 2.70. The molecule has 0 bridgehead atoms. The molecule has 166 valence electrons. The van der Waals surface area contributed by atoms with Crippen LogP contribution in [-0.2, 0) is 17.5 Å². The Morgan fingerprint density at radius 3 is 2.35 bits per heavy atom. The number of halogens is 4. The zero-order chi connectivity index (χ0) is 22.9. The summed E-state index contributed by atoms with van der Waals surface area (Å²) in [6.07, 6.45) is -4.55. The van der Waals surface area contributed by atoms with E-state index in [0.29, 0.717) is 30.0 Å². The number of fused-ring (bicyclic) bond motifs is 1. The number of carboxylic acids is 1. The number of carboxylic acid groups (broad SMARTS) is 1. The molecule has 0 fully saturated rings. The number of hydrogen-bond acceptors (Lipinski definition) is 3. The van der Waals surface area contributed by atoms with Gasteiger partial charge in [0.05, 0.1) is 11.1 Å². The van der Waals surface area contributed by atoms with E-state index in [1.807, 2.05) is 18.7 Å². The SMILES string of the molecule is CCN(CC)C1=C(C(=O)O)C(C)c2ccc(C(F)(F)F)cc2N1Cc1cccc(F)c1. The molecule has 2 aromatic carbocycles. The predicted molar refractivity (Wildman–Crippen MR) is 110 cm³/mol. The van der Waals surface area contributed by atoms with Crippen molar-refractivity contribution in [1.82, 2.24) is 4.90 Å². The van der Waals surface area contributed by atoms with Crippen molar-refractivity contribution in [2.75, 3.05) is 18.0 Å². The molecule has 1 atom stereocenters. The molecule has 2 aromatic rings. The number of hydrogen-bond donors (Lipinski definition) is 1. The van der Waals surface area contributed by atoms with Crippen LogP contribution in [0, 0.1) is 5.82 Å². The fourth-order valence-electron chi connectivity index (χ4n) is 4.05. The van der Waals surface area contributed by atoms with Crippen molar-refractivity contribution in [3.05, 3.63) is 76.4 Å². The largest absolute Gasteiger partial charge is 0.478 e. The Morgan fingerprint density at radius 1 is 1.13 bits per heavy atom. The van der Waals surface area contributed by atoms with Gasteiger partial charge in [0, 0.05) is 31.2 Å². The Morgan fingerprint density at radius 2 is 1.81 bits per heavy atom. The van der Waals surface area contributed by atoms with Crippen molar-refractivity contribution in [3.8, 4) is 0 Å². The third-order valence-corrected chi connectivity index (χ3v) is 5.57. The lowest BCUT2D eigenvalue weighted by Gasteiger charge is -2.42. The number of anilines is 1. The topological polar surface area (TPSA) is 43.8 Å². The molecule has 0 amide bonds. The van der Waals surface area contributed by atoms with Crippen LogP contribution in [0.15, 0.2) is 53.9 Å². The number of alkyl halides is 3. The van der Waals surface area contributed by atoms with Gasteiger partial charge in [-0.3, -0.25) is 0 Å². The van der Waals surface area contributed by atoms with Crippen LogP contribution in [0.5, 0.6) is 0 Å². The molecule has 3 rings (SSSR count). The first-order valence-corrected chi connectivity index (χ1v) is 10.0. The first-order valence-electron chi connectivity index (χ1n) is 10.0. The maximum atomic E-state index is 13.8. The van der Waals surface area contributed by atoms with Crippen molar-refractivity contribution in [2.45, 2.75) is 39.4 Å². The van der Waals surface area contributed by atoms with Gasteiger partial charge in [-0.25, -0.2) is 9.18 Å². The van der Waals surface area contributed by atoms with Crippen LogP contribution in [0.2, 0.25) is 0 Å². The quantitative estimate of drug-likeness (QED) is 0.598. The molecule has 0 aromatic heterocycles. The Kier molecular flexibility index (Phi) is 6.29. The van der Waals surface area contributed by atoms with Crippen molar-refractivity contribution < 1.29 is 27.5 Å². The summed E-state index contributed by atoms with van der Waals surface area (Å²) < 4.78 is 54.2. The molecule has 1 aliphatic heterocycles. The first kappa shape index (κ1) is 22.7. The molecule has 4 nitrogen and oxygen atoms in total. The van der Waals surface area contributed by atoms with Gasteiger partial charge in [-0.1, -0.05) is 25.1 Å². The predicted octanol–water partition coefficient (Wildman–Crippen LogP) is 5.61. The Labute approximate surface area is 178 Å². The molecule has 1 unspecified atom stereocenters. The zero-order valence-corrected chi connectivity index (χ0v) is 17.5. The molecule has 1 aliphatic rings. The highest BCUT2D eigenvalue weighted by molar-refractivity contribution is 5.92. The van der Waals surface area contributed by atoms with E-state index >= 15 is 0 Å². The minimum atomic E-state index is -4.55. The summed E-state index contributed by atoms with van der Waals surface area (Å²) in [6.45, 7) is 6.33. The molecule has 31 heavy (non-hydrogen) atoms. The molecular formula is C23H24F4N2O2. The second-order valence-corrected chi connectivity index (χ2v) is 7.42. The van der Waals surface area contributed by atoms with Gasteiger partial charge >= 0.3 is 12.1 Å². The Hall–Kier alpha value is -3.03. The molecule has 0 saturated heterocycles. The molecule has 1 heterocycles.